The molecule has 0 atom stereocenters. The Morgan fingerprint density at radius 1 is 1.08 bits per heavy atom. The Bertz CT molecular complexity index is 746. The third kappa shape index (κ3) is 4.60. The van der Waals surface area contributed by atoms with Gasteiger partial charge < -0.3 is 9.80 Å². The number of rotatable bonds is 4. The second-order valence-corrected chi connectivity index (χ2v) is 7.87. The van der Waals surface area contributed by atoms with E-state index in [1.54, 1.807) is 4.90 Å². The van der Waals surface area contributed by atoms with Crippen LogP contribution in [0.5, 0.6) is 0 Å². The molecular weight excluding hydrogens is 377 g/mol. The monoisotopic (exact) mass is 393 g/mol. The van der Waals surface area contributed by atoms with Crippen LogP contribution in [-0.4, -0.2) is 62.8 Å². The first-order valence-corrected chi connectivity index (χ1v) is 9.42. The molecule has 1 aromatic carbocycles. The number of nitrogens with zero attached hydrogens (tertiary/aromatic N) is 2. The van der Waals surface area contributed by atoms with E-state index in [0.29, 0.717) is 26.2 Å². The fourth-order valence-electron chi connectivity index (χ4n) is 2.27. The average Bonchev–Trinajstić information content (AvgIpc) is 2.55. The van der Waals surface area contributed by atoms with Crippen LogP contribution in [0, 0.1) is 0 Å². The molecule has 1 saturated heterocycles. The van der Waals surface area contributed by atoms with Crippen molar-refractivity contribution in [1.29, 1.82) is 0 Å². The highest BCUT2D eigenvalue weighted by molar-refractivity contribution is 7.89. The fourth-order valence-corrected chi connectivity index (χ4v) is 3.63. The lowest BCUT2D eigenvalue weighted by atomic mass is 10.3. The van der Waals surface area contributed by atoms with Gasteiger partial charge in [-0.15, -0.1) is 0 Å². The van der Waals surface area contributed by atoms with Gasteiger partial charge in [-0.3, -0.25) is 9.59 Å². The number of carbonyl (C=O) groups is 2. The predicted molar refractivity (Wildman–Crippen MR) is 90.5 cm³/mol. The highest BCUT2D eigenvalue weighted by Gasteiger charge is 2.24. The van der Waals surface area contributed by atoms with Crippen LogP contribution in [0.1, 0.15) is 6.92 Å². The van der Waals surface area contributed by atoms with Gasteiger partial charge in [0.15, 0.2) is 0 Å². The molecule has 0 spiro atoms. The molecule has 1 aliphatic heterocycles. The predicted octanol–water partition coefficient (Wildman–Crippen LogP) is 0.962. The van der Waals surface area contributed by atoms with Gasteiger partial charge in [0.25, 0.3) is 0 Å². The maximum atomic E-state index is 12.2. The van der Waals surface area contributed by atoms with Gasteiger partial charge in [0.2, 0.25) is 21.8 Å². The molecule has 1 aliphatic rings. The first-order valence-electron chi connectivity index (χ1n) is 7.19. The van der Waals surface area contributed by atoms with Gasteiger partial charge in [-0.2, -0.15) is 0 Å². The molecule has 0 aromatic heterocycles. The Morgan fingerprint density at radius 2 is 1.67 bits per heavy atom. The first kappa shape index (κ1) is 19.0. The summed E-state index contributed by atoms with van der Waals surface area (Å²) < 4.78 is 26.6. The fraction of sp³-hybridized carbons (Fsp3) is 0.429. The van der Waals surface area contributed by atoms with Crippen molar-refractivity contribution in [2.45, 2.75) is 11.8 Å². The Hall–Kier alpha value is -1.35. The molecule has 2 amide bonds. The largest absolute Gasteiger partial charge is 0.339 e. The van der Waals surface area contributed by atoms with E-state index in [4.69, 9.17) is 23.2 Å². The minimum absolute atomic E-state index is 0.0394. The van der Waals surface area contributed by atoms with Crippen molar-refractivity contribution in [3.8, 4) is 0 Å². The van der Waals surface area contributed by atoms with Crippen molar-refractivity contribution in [2.24, 2.45) is 0 Å². The number of halogens is 2. The van der Waals surface area contributed by atoms with E-state index in [2.05, 4.69) is 4.72 Å². The van der Waals surface area contributed by atoms with Gasteiger partial charge in [0, 0.05) is 33.1 Å². The summed E-state index contributed by atoms with van der Waals surface area (Å²) in [6.45, 7) is 2.77. The molecule has 10 heteroatoms. The lowest BCUT2D eigenvalue weighted by Gasteiger charge is -2.34. The second-order valence-electron chi connectivity index (χ2n) is 5.29. The van der Waals surface area contributed by atoms with Crippen molar-refractivity contribution in [2.75, 3.05) is 32.7 Å². The highest BCUT2D eigenvalue weighted by Crippen LogP contribution is 2.24. The van der Waals surface area contributed by atoms with Gasteiger partial charge in [0.1, 0.15) is 0 Å². The Morgan fingerprint density at radius 3 is 2.21 bits per heavy atom. The Kier molecular flexibility index (Phi) is 6.08. The van der Waals surface area contributed by atoms with Crippen LogP contribution in [-0.2, 0) is 19.6 Å². The lowest BCUT2D eigenvalue weighted by Crippen LogP contribution is -2.52. The Balaban J connectivity index is 1.93. The van der Waals surface area contributed by atoms with E-state index in [9.17, 15) is 18.0 Å². The van der Waals surface area contributed by atoms with Crippen LogP contribution in [0.25, 0.3) is 0 Å². The third-order valence-corrected chi connectivity index (χ3v) is 5.83. The number of carbonyl (C=O) groups excluding carboxylic acids is 2. The van der Waals surface area contributed by atoms with Gasteiger partial charge in [-0.25, -0.2) is 13.1 Å². The number of hydrogen-bond donors (Lipinski definition) is 1. The Labute approximate surface area is 150 Å². The average molecular weight is 394 g/mol. The van der Waals surface area contributed by atoms with E-state index >= 15 is 0 Å². The van der Waals surface area contributed by atoms with Crippen LogP contribution >= 0.6 is 23.2 Å². The maximum absolute atomic E-state index is 12.2. The SMILES string of the molecule is CC(=O)N1CCN(C(=O)CNS(=O)(=O)c2ccc(Cl)c(Cl)c2)CC1. The van der Waals surface area contributed by atoms with Crippen molar-refractivity contribution < 1.29 is 18.0 Å². The molecular formula is C14H17Cl2N3O4S. The number of piperazine rings is 1. The minimum Gasteiger partial charge on any atom is -0.339 e. The van der Waals surface area contributed by atoms with Crippen LogP contribution < -0.4 is 4.72 Å². The molecule has 2 rings (SSSR count). The molecule has 1 aromatic rings. The summed E-state index contributed by atoms with van der Waals surface area (Å²) in [5.74, 6) is -0.385. The zero-order chi connectivity index (χ0) is 17.9. The number of benzene rings is 1. The van der Waals surface area contributed by atoms with Crippen LogP contribution in [0.15, 0.2) is 23.1 Å². The lowest BCUT2D eigenvalue weighted by molar-refractivity contribution is -0.137. The normalized spacial score (nSPS) is 15.5. The first-order chi connectivity index (χ1) is 11.2. The van der Waals surface area contributed by atoms with Crippen LogP contribution in [0.2, 0.25) is 10.0 Å². The maximum Gasteiger partial charge on any atom is 0.241 e. The summed E-state index contributed by atoms with van der Waals surface area (Å²) in [4.78, 5) is 26.5. The molecule has 0 aliphatic carbocycles. The summed E-state index contributed by atoms with van der Waals surface area (Å²) in [5, 5.41) is 0.362. The molecule has 1 N–H and O–H groups in total. The zero-order valence-electron chi connectivity index (χ0n) is 13.0. The number of sulfonamides is 1. The smallest absolute Gasteiger partial charge is 0.241 e. The third-order valence-electron chi connectivity index (χ3n) is 3.69. The summed E-state index contributed by atoms with van der Waals surface area (Å²) in [6, 6.07) is 3.91. The quantitative estimate of drug-likeness (QED) is 0.825. The van der Waals surface area contributed by atoms with E-state index in [1.165, 1.54) is 30.0 Å². The van der Waals surface area contributed by atoms with Gasteiger partial charge in [0.05, 0.1) is 21.5 Å². The van der Waals surface area contributed by atoms with Crippen LogP contribution in [0.3, 0.4) is 0 Å². The van der Waals surface area contributed by atoms with Crippen molar-refractivity contribution in [1.82, 2.24) is 14.5 Å². The summed E-state index contributed by atoms with van der Waals surface area (Å²) >= 11 is 11.6. The molecule has 24 heavy (non-hydrogen) atoms. The summed E-state index contributed by atoms with van der Waals surface area (Å²) in [7, 11) is -3.86. The number of amides is 2. The topological polar surface area (TPSA) is 86.8 Å². The molecule has 132 valence electrons. The van der Waals surface area contributed by atoms with Crippen molar-refractivity contribution in [3.05, 3.63) is 28.2 Å². The molecule has 0 radical (unpaired) electrons. The number of nitrogens with one attached hydrogen (secondary N) is 1. The standard InChI is InChI=1S/C14H17Cl2N3O4S/c1-10(20)18-4-6-19(7-5-18)14(21)9-17-24(22,23)11-2-3-12(15)13(16)8-11/h2-3,8,17H,4-7,9H2,1H3. The van der Waals surface area contributed by atoms with Crippen molar-refractivity contribution >= 4 is 45.0 Å². The molecule has 0 saturated carbocycles. The summed E-state index contributed by atoms with van der Waals surface area (Å²) in [5.41, 5.74) is 0. The second kappa shape index (κ2) is 7.69. The van der Waals surface area contributed by atoms with E-state index < -0.39 is 10.0 Å². The molecule has 0 unspecified atom stereocenters. The highest BCUT2D eigenvalue weighted by atomic mass is 35.5. The molecule has 7 nitrogen and oxygen atoms in total. The van der Waals surface area contributed by atoms with E-state index in [0.717, 1.165) is 0 Å². The number of hydrogen-bond acceptors (Lipinski definition) is 4. The summed E-state index contributed by atoms with van der Waals surface area (Å²) in [6.07, 6.45) is 0. The van der Waals surface area contributed by atoms with Crippen molar-refractivity contribution in [3.63, 3.8) is 0 Å². The molecule has 0 bridgehead atoms. The van der Waals surface area contributed by atoms with Gasteiger partial charge in [-0.05, 0) is 18.2 Å². The minimum atomic E-state index is -3.86. The van der Waals surface area contributed by atoms with Gasteiger partial charge in [-0.1, -0.05) is 23.2 Å². The van der Waals surface area contributed by atoms with Crippen LogP contribution in [0.4, 0.5) is 0 Å². The van der Waals surface area contributed by atoms with E-state index in [1.807, 2.05) is 0 Å². The van der Waals surface area contributed by atoms with Gasteiger partial charge >= 0.3 is 0 Å². The van der Waals surface area contributed by atoms with E-state index in [-0.39, 0.29) is 33.3 Å². The zero-order valence-corrected chi connectivity index (χ0v) is 15.3. The molecule has 1 heterocycles. The molecule has 1 fully saturated rings.